The van der Waals surface area contributed by atoms with Gasteiger partial charge in [-0.25, -0.2) is 0 Å². The number of carbonyl (C=O) groups is 1. The number of hydrogen-bond donors (Lipinski definition) is 1. The highest BCUT2D eigenvalue weighted by Gasteiger charge is 2.17. The minimum absolute atomic E-state index is 0.144. The number of carbonyl (C=O) groups excluding carboxylic acids is 1. The largest absolute Gasteiger partial charge is 0.493 e. The molecule has 0 bridgehead atoms. The van der Waals surface area contributed by atoms with Crippen LogP contribution >= 0.6 is 0 Å². The molecule has 0 radical (unpaired) electrons. The Balaban J connectivity index is 1.66. The molecule has 1 amide bonds. The number of rotatable bonds is 8. The number of benzene rings is 2. The van der Waals surface area contributed by atoms with Gasteiger partial charge in [-0.1, -0.05) is 22.9 Å². The van der Waals surface area contributed by atoms with Gasteiger partial charge in [-0.15, -0.1) is 0 Å². The summed E-state index contributed by atoms with van der Waals surface area (Å²) in [5.74, 6) is 2.15. The molecule has 0 atom stereocenters. The summed E-state index contributed by atoms with van der Waals surface area (Å²) in [6.45, 7) is 2.35. The van der Waals surface area contributed by atoms with Crippen molar-refractivity contribution in [2.24, 2.45) is 0 Å². The second-order valence-corrected chi connectivity index (χ2v) is 6.30. The zero-order valence-electron chi connectivity index (χ0n) is 16.8. The monoisotopic (exact) mass is 397 g/mol. The van der Waals surface area contributed by atoms with Crippen LogP contribution in [0, 0.1) is 6.92 Å². The van der Waals surface area contributed by atoms with E-state index in [-0.39, 0.29) is 5.91 Å². The average molecular weight is 397 g/mol. The van der Waals surface area contributed by atoms with Crippen molar-refractivity contribution in [2.45, 2.75) is 13.3 Å². The normalized spacial score (nSPS) is 10.5. The number of hydrogen-bond acceptors (Lipinski definition) is 7. The molecule has 29 heavy (non-hydrogen) atoms. The quantitative estimate of drug-likeness (QED) is 0.624. The molecule has 8 heteroatoms. The van der Waals surface area contributed by atoms with Crippen LogP contribution in [0.15, 0.2) is 40.9 Å². The molecular formula is C21H23N3O5. The van der Waals surface area contributed by atoms with E-state index in [1.165, 1.54) is 7.11 Å². The van der Waals surface area contributed by atoms with Crippen molar-refractivity contribution in [3.05, 3.63) is 53.4 Å². The molecule has 8 nitrogen and oxygen atoms in total. The average Bonchev–Trinajstić information content (AvgIpc) is 3.21. The van der Waals surface area contributed by atoms with E-state index in [0.717, 1.165) is 5.56 Å². The summed E-state index contributed by atoms with van der Waals surface area (Å²) in [7, 11) is 4.62. The summed E-state index contributed by atoms with van der Waals surface area (Å²) in [4.78, 5) is 16.5. The van der Waals surface area contributed by atoms with Crippen LogP contribution in [-0.4, -0.2) is 43.9 Å². The van der Waals surface area contributed by atoms with Gasteiger partial charge in [0.25, 0.3) is 5.91 Å². The fourth-order valence-corrected chi connectivity index (χ4v) is 2.77. The Labute approximate surface area is 168 Å². The summed E-state index contributed by atoms with van der Waals surface area (Å²) < 4.78 is 21.3. The van der Waals surface area contributed by atoms with Crippen LogP contribution in [0.3, 0.4) is 0 Å². The maximum absolute atomic E-state index is 12.2. The highest BCUT2D eigenvalue weighted by atomic mass is 16.5. The zero-order valence-corrected chi connectivity index (χ0v) is 16.8. The van der Waals surface area contributed by atoms with E-state index < -0.39 is 0 Å². The molecule has 0 aliphatic heterocycles. The van der Waals surface area contributed by atoms with Crippen molar-refractivity contribution in [3.63, 3.8) is 0 Å². The molecule has 1 aromatic heterocycles. The predicted octanol–water partition coefficient (Wildman–Crippen LogP) is 3.04. The Bertz CT molecular complexity index is 957. The molecule has 0 saturated carbocycles. The van der Waals surface area contributed by atoms with Gasteiger partial charge < -0.3 is 24.1 Å². The lowest BCUT2D eigenvalue weighted by Crippen LogP contribution is -2.25. The van der Waals surface area contributed by atoms with Crippen LogP contribution in [0.5, 0.6) is 17.2 Å². The minimum Gasteiger partial charge on any atom is -0.493 e. The Morgan fingerprint density at radius 2 is 1.69 bits per heavy atom. The van der Waals surface area contributed by atoms with Gasteiger partial charge in [0.1, 0.15) is 0 Å². The lowest BCUT2D eigenvalue weighted by molar-refractivity contribution is 0.0953. The van der Waals surface area contributed by atoms with E-state index in [2.05, 4.69) is 15.5 Å². The number of amides is 1. The van der Waals surface area contributed by atoms with Crippen LogP contribution < -0.4 is 19.5 Å². The van der Waals surface area contributed by atoms with E-state index in [4.69, 9.17) is 18.7 Å². The van der Waals surface area contributed by atoms with Crippen LogP contribution in [0.1, 0.15) is 21.8 Å². The van der Waals surface area contributed by atoms with Crippen LogP contribution in [0.2, 0.25) is 0 Å². The van der Waals surface area contributed by atoms with Crippen molar-refractivity contribution < 1.29 is 23.5 Å². The van der Waals surface area contributed by atoms with E-state index in [1.54, 1.807) is 38.5 Å². The van der Waals surface area contributed by atoms with Crippen molar-refractivity contribution in [1.29, 1.82) is 0 Å². The molecule has 0 saturated heterocycles. The highest BCUT2D eigenvalue weighted by Crippen LogP contribution is 2.40. The molecule has 152 valence electrons. The van der Waals surface area contributed by atoms with Gasteiger partial charge in [-0.2, -0.15) is 4.98 Å². The minimum atomic E-state index is -0.144. The summed E-state index contributed by atoms with van der Waals surface area (Å²) >= 11 is 0. The van der Waals surface area contributed by atoms with E-state index >= 15 is 0 Å². The van der Waals surface area contributed by atoms with Crippen LogP contribution in [0.4, 0.5) is 0 Å². The third-order valence-electron chi connectivity index (χ3n) is 4.33. The molecule has 3 aromatic rings. The molecular weight excluding hydrogens is 374 g/mol. The summed E-state index contributed by atoms with van der Waals surface area (Å²) in [6, 6.07) is 10.9. The second kappa shape index (κ2) is 9.09. The van der Waals surface area contributed by atoms with Crippen molar-refractivity contribution >= 4 is 5.91 Å². The van der Waals surface area contributed by atoms with Crippen LogP contribution in [0.25, 0.3) is 11.4 Å². The number of ether oxygens (including phenoxy) is 3. The standard InChI is InChI=1S/C21H23N3O5/c1-13-5-7-14(8-6-13)21(25)22-10-9-18-23-20(24-29-18)15-11-16(26-2)19(28-4)17(12-15)27-3/h5-8,11-12H,9-10H2,1-4H3,(H,22,25). The molecule has 1 heterocycles. The number of aryl methyl sites for hydroxylation is 1. The first-order valence-electron chi connectivity index (χ1n) is 9.03. The van der Waals surface area contributed by atoms with E-state index in [1.807, 2.05) is 19.1 Å². The van der Waals surface area contributed by atoms with Gasteiger partial charge in [0.05, 0.1) is 21.3 Å². The Morgan fingerprint density at radius 1 is 1.03 bits per heavy atom. The molecule has 2 aromatic carbocycles. The lowest BCUT2D eigenvalue weighted by atomic mass is 10.1. The molecule has 0 spiro atoms. The molecule has 0 unspecified atom stereocenters. The Hall–Kier alpha value is -3.55. The molecule has 1 N–H and O–H groups in total. The van der Waals surface area contributed by atoms with E-state index in [9.17, 15) is 4.79 Å². The number of nitrogens with one attached hydrogen (secondary N) is 1. The Morgan fingerprint density at radius 3 is 2.28 bits per heavy atom. The third kappa shape index (κ3) is 4.66. The van der Waals surface area contributed by atoms with Gasteiger partial charge in [-0.3, -0.25) is 4.79 Å². The number of aromatic nitrogens is 2. The summed E-state index contributed by atoms with van der Waals surface area (Å²) in [6.07, 6.45) is 0.412. The zero-order chi connectivity index (χ0) is 20.8. The first-order valence-corrected chi connectivity index (χ1v) is 9.03. The van der Waals surface area contributed by atoms with Gasteiger partial charge in [0.2, 0.25) is 17.5 Å². The van der Waals surface area contributed by atoms with Gasteiger partial charge >= 0.3 is 0 Å². The maximum atomic E-state index is 12.2. The van der Waals surface area contributed by atoms with E-state index in [0.29, 0.717) is 53.1 Å². The first-order chi connectivity index (χ1) is 14.0. The maximum Gasteiger partial charge on any atom is 0.251 e. The van der Waals surface area contributed by atoms with Gasteiger partial charge in [-0.05, 0) is 31.2 Å². The first kappa shape index (κ1) is 20.2. The van der Waals surface area contributed by atoms with Crippen molar-refractivity contribution in [3.8, 4) is 28.6 Å². The number of nitrogens with zero attached hydrogens (tertiary/aromatic N) is 2. The fraction of sp³-hybridized carbons (Fsp3) is 0.286. The van der Waals surface area contributed by atoms with Crippen LogP contribution in [-0.2, 0) is 6.42 Å². The molecule has 3 rings (SSSR count). The predicted molar refractivity (Wildman–Crippen MR) is 107 cm³/mol. The topological polar surface area (TPSA) is 95.7 Å². The van der Waals surface area contributed by atoms with Crippen molar-refractivity contribution in [1.82, 2.24) is 15.5 Å². The van der Waals surface area contributed by atoms with Crippen molar-refractivity contribution in [2.75, 3.05) is 27.9 Å². The summed E-state index contributed by atoms with van der Waals surface area (Å²) in [5.41, 5.74) is 2.38. The second-order valence-electron chi connectivity index (χ2n) is 6.30. The molecule has 0 fully saturated rings. The molecule has 0 aliphatic carbocycles. The fourth-order valence-electron chi connectivity index (χ4n) is 2.77. The summed E-state index contributed by atoms with van der Waals surface area (Å²) in [5, 5.41) is 6.85. The number of methoxy groups -OCH3 is 3. The highest BCUT2D eigenvalue weighted by molar-refractivity contribution is 5.94. The Kier molecular flexibility index (Phi) is 6.33. The van der Waals surface area contributed by atoms with Gasteiger partial charge in [0, 0.05) is 24.1 Å². The third-order valence-corrected chi connectivity index (χ3v) is 4.33. The smallest absolute Gasteiger partial charge is 0.251 e. The van der Waals surface area contributed by atoms with Gasteiger partial charge in [0.15, 0.2) is 11.5 Å². The molecule has 0 aliphatic rings. The lowest BCUT2D eigenvalue weighted by Gasteiger charge is -2.12. The SMILES string of the molecule is COc1cc(-c2noc(CCNC(=O)c3ccc(C)cc3)n2)cc(OC)c1OC.